The quantitative estimate of drug-likeness (QED) is 0.500. The molecule has 5 nitrogen and oxygen atoms in total. The predicted molar refractivity (Wildman–Crippen MR) is 118 cm³/mol. The van der Waals surface area contributed by atoms with Crippen molar-refractivity contribution in [2.24, 2.45) is 0 Å². The summed E-state index contributed by atoms with van der Waals surface area (Å²) in [5.74, 6) is 0. The minimum absolute atomic E-state index is 0.121. The van der Waals surface area contributed by atoms with Crippen LogP contribution < -0.4 is 5.32 Å². The first-order chi connectivity index (χ1) is 14.1. The average molecular weight is 392 g/mol. The summed E-state index contributed by atoms with van der Waals surface area (Å²) in [7, 11) is 0. The van der Waals surface area contributed by atoms with E-state index in [2.05, 4.69) is 102 Å². The van der Waals surface area contributed by atoms with Crippen molar-refractivity contribution in [3.63, 3.8) is 0 Å². The number of benzene rings is 2. The lowest BCUT2D eigenvalue weighted by Crippen LogP contribution is -2.47. The van der Waals surface area contributed by atoms with E-state index in [4.69, 9.17) is 0 Å². The van der Waals surface area contributed by atoms with Crippen LogP contribution in [0.2, 0.25) is 0 Å². The summed E-state index contributed by atoms with van der Waals surface area (Å²) >= 11 is 0. The van der Waals surface area contributed by atoms with Crippen LogP contribution in [0, 0.1) is 0 Å². The summed E-state index contributed by atoms with van der Waals surface area (Å²) in [6, 6.07) is 21.7. The standard InChI is InChI=1S/C24H33N5/c1-21(24(2,3)29-20-25-19-27-29)26-15-10-16-28(17-22-11-6-4-7-12-22)18-23-13-8-5-9-14-23/h4-9,11-14,19-21,26H,10,15-18H2,1-3H3/t21-/m1/s1. The van der Waals surface area contributed by atoms with Crippen LogP contribution in [-0.2, 0) is 18.6 Å². The molecule has 0 spiro atoms. The topological polar surface area (TPSA) is 46.0 Å². The highest BCUT2D eigenvalue weighted by Crippen LogP contribution is 2.18. The highest BCUT2D eigenvalue weighted by Gasteiger charge is 2.28. The highest BCUT2D eigenvalue weighted by molar-refractivity contribution is 5.17. The second-order valence-electron chi connectivity index (χ2n) is 8.20. The van der Waals surface area contributed by atoms with Crippen molar-refractivity contribution >= 4 is 0 Å². The zero-order chi connectivity index (χ0) is 20.5. The van der Waals surface area contributed by atoms with Gasteiger partial charge in [-0.15, -0.1) is 0 Å². The van der Waals surface area contributed by atoms with Crippen molar-refractivity contribution in [1.82, 2.24) is 25.0 Å². The fourth-order valence-corrected chi connectivity index (χ4v) is 3.47. The average Bonchev–Trinajstić information content (AvgIpc) is 3.28. The van der Waals surface area contributed by atoms with E-state index in [9.17, 15) is 0 Å². The molecule has 3 rings (SSSR count). The van der Waals surface area contributed by atoms with Crippen molar-refractivity contribution < 1.29 is 0 Å². The first-order valence-electron chi connectivity index (χ1n) is 10.4. The van der Waals surface area contributed by atoms with Gasteiger partial charge in [-0.1, -0.05) is 60.7 Å². The molecule has 3 aromatic rings. The molecule has 1 heterocycles. The zero-order valence-corrected chi connectivity index (χ0v) is 17.8. The van der Waals surface area contributed by atoms with Gasteiger partial charge in [0.15, 0.2) is 0 Å². The third kappa shape index (κ3) is 6.24. The van der Waals surface area contributed by atoms with Crippen molar-refractivity contribution in [1.29, 1.82) is 0 Å². The molecule has 1 atom stereocenters. The van der Waals surface area contributed by atoms with E-state index in [1.165, 1.54) is 11.1 Å². The highest BCUT2D eigenvalue weighted by atomic mass is 15.4. The third-order valence-electron chi connectivity index (χ3n) is 5.67. The molecule has 2 aromatic carbocycles. The molecular formula is C24H33N5. The van der Waals surface area contributed by atoms with Crippen molar-refractivity contribution in [3.05, 3.63) is 84.4 Å². The lowest BCUT2D eigenvalue weighted by atomic mass is 9.96. The zero-order valence-electron chi connectivity index (χ0n) is 17.8. The van der Waals surface area contributed by atoms with E-state index < -0.39 is 0 Å². The van der Waals surface area contributed by atoms with E-state index in [-0.39, 0.29) is 5.54 Å². The van der Waals surface area contributed by atoms with Gasteiger partial charge in [-0.25, -0.2) is 9.67 Å². The largest absolute Gasteiger partial charge is 0.312 e. The predicted octanol–water partition coefficient (Wildman–Crippen LogP) is 4.08. The van der Waals surface area contributed by atoms with Crippen LogP contribution in [-0.4, -0.2) is 38.8 Å². The summed E-state index contributed by atoms with van der Waals surface area (Å²) in [6.45, 7) is 10.6. The van der Waals surface area contributed by atoms with Gasteiger partial charge < -0.3 is 5.32 Å². The molecule has 0 saturated carbocycles. The molecule has 1 aromatic heterocycles. The molecule has 1 N–H and O–H groups in total. The molecular weight excluding hydrogens is 358 g/mol. The Kier molecular flexibility index (Phi) is 7.55. The Labute approximate surface area is 174 Å². The Balaban J connectivity index is 1.52. The Hall–Kier alpha value is -2.50. The maximum absolute atomic E-state index is 4.32. The van der Waals surface area contributed by atoms with Gasteiger partial charge in [0.1, 0.15) is 12.7 Å². The van der Waals surface area contributed by atoms with Crippen LogP contribution in [0.4, 0.5) is 0 Å². The summed E-state index contributed by atoms with van der Waals surface area (Å²) < 4.78 is 1.93. The Bertz CT molecular complexity index is 774. The van der Waals surface area contributed by atoms with Gasteiger partial charge in [0.05, 0.1) is 5.54 Å². The van der Waals surface area contributed by atoms with Crippen LogP contribution in [0.3, 0.4) is 0 Å². The summed E-state index contributed by atoms with van der Waals surface area (Å²) in [6.07, 6.45) is 4.48. The summed E-state index contributed by atoms with van der Waals surface area (Å²) in [5, 5.41) is 8.00. The molecule has 0 bridgehead atoms. The fourth-order valence-electron chi connectivity index (χ4n) is 3.47. The van der Waals surface area contributed by atoms with E-state index in [1.807, 2.05) is 4.68 Å². The van der Waals surface area contributed by atoms with Gasteiger partial charge in [0.25, 0.3) is 0 Å². The monoisotopic (exact) mass is 391 g/mol. The maximum atomic E-state index is 4.32. The number of nitrogens with zero attached hydrogens (tertiary/aromatic N) is 4. The van der Waals surface area contributed by atoms with Gasteiger partial charge in [-0.05, 0) is 44.9 Å². The Morgan fingerprint density at radius 3 is 2.07 bits per heavy atom. The molecule has 29 heavy (non-hydrogen) atoms. The van der Waals surface area contributed by atoms with Crippen molar-refractivity contribution in [2.75, 3.05) is 13.1 Å². The minimum atomic E-state index is -0.121. The minimum Gasteiger partial charge on any atom is -0.312 e. The van der Waals surface area contributed by atoms with Crippen molar-refractivity contribution in [2.45, 2.75) is 51.9 Å². The van der Waals surface area contributed by atoms with E-state index >= 15 is 0 Å². The molecule has 0 saturated heterocycles. The molecule has 154 valence electrons. The third-order valence-corrected chi connectivity index (χ3v) is 5.67. The van der Waals surface area contributed by atoms with Gasteiger partial charge in [0.2, 0.25) is 0 Å². The van der Waals surface area contributed by atoms with Gasteiger partial charge in [-0.2, -0.15) is 5.10 Å². The van der Waals surface area contributed by atoms with E-state index in [0.717, 1.165) is 32.6 Å². The van der Waals surface area contributed by atoms with Crippen LogP contribution in [0.25, 0.3) is 0 Å². The van der Waals surface area contributed by atoms with Crippen LogP contribution in [0.15, 0.2) is 73.3 Å². The lowest BCUT2D eigenvalue weighted by molar-refractivity contribution is 0.220. The van der Waals surface area contributed by atoms with E-state index in [0.29, 0.717) is 6.04 Å². The first-order valence-corrected chi connectivity index (χ1v) is 10.4. The number of aromatic nitrogens is 3. The van der Waals surface area contributed by atoms with E-state index in [1.54, 1.807) is 12.7 Å². The molecule has 0 aliphatic rings. The van der Waals surface area contributed by atoms with Crippen molar-refractivity contribution in [3.8, 4) is 0 Å². The Morgan fingerprint density at radius 1 is 0.966 bits per heavy atom. The molecule has 0 amide bonds. The van der Waals surface area contributed by atoms with Crippen LogP contribution in [0.1, 0.15) is 38.3 Å². The maximum Gasteiger partial charge on any atom is 0.137 e. The van der Waals surface area contributed by atoms with Gasteiger partial charge >= 0.3 is 0 Å². The lowest BCUT2D eigenvalue weighted by Gasteiger charge is -2.32. The normalized spacial score (nSPS) is 13.0. The molecule has 0 unspecified atom stereocenters. The Morgan fingerprint density at radius 2 is 1.55 bits per heavy atom. The van der Waals surface area contributed by atoms with Crippen LogP contribution in [0.5, 0.6) is 0 Å². The molecule has 0 aliphatic carbocycles. The number of hydrogen-bond donors (Lipinski definition) is 1. The number of rotatable bonds is 11. The van der Waals surface area contributed by atoms with Crippen LogP contribution >= 0.6 is 0 Å². The molecule has 0 fully saturated rings. The molecule has 0 radical (unpaired) electrons. The number of hydrogen-bond acceptors (Lipinski definition) is 4. The fraction of sp³-hybridized carbons (Fsp3) is 0.417. The smallest absolute Gasteiger partial charge is 0.137 e. The second kappa shape index (κ2) is 10.3. The second-order valence-corrected chi connectivity index (χ2v) is 8.20. The summed E-state index contributed by atoms with van der Waals surface area (Å²) in [4.78, 5) is 6.62. The van der Waals surface area contributed by atoms with Gasteiger partial charge in [0, 0.05) is 25.7 Å². The SMILES string of the molecule is C[C@@H](NCCCN(Cc1ccccc1)Cc1ccccc1)C(C)(C)n1cncn1. The number of nitrogens with one attached hydrogen (secondary N) is 1. The van der Waals surface area contributed by atoms with Gasteiger partial charge in [-0.3, -0.25) is 4.90 Å². The first kappa shape index (κ1) is 21.2. The molecule has 0 aliphatic heterocycles. The molecule has 5 heteroatoms. The summed E-state index contributed by atoms with van der Waals surface area (Å²) in [5.41, 5.74) is 2.60.